The molecule has 0 bridgehead atoms. The fourth-order valence-corrected chi connectivity index (χ4v) is 5.69. The first-order valence-corrected chi connectivity index (χ1v) is 16.1. The molecule has 0 saturated heterocycles. The number of methoxy groups -OCH3 is 2. The Labute approximate surface area is 257 Å². The number of hydrogen-bond donors (Lipinski definition) is 1. The Balaban J connectivity index is 2.10. The molecular weight excluding hydrogens is 622 g/mol. The molecule has 1 N–H and O–H groups in total. The Morgan fingerprint density at radius 1 is 0.929 bits per heavy atom. The molecule has 1 unspecified atom stereocenters. The molecule has 0 fully saturated rings. The van der Waals surface area contributed by atoms with E-state index >= 15 is 0 Å². The predicted octanol–water partition coefficient (Wildman–Crippen LogP) is 4.64. The van der Waals surface area contributed by atoms with Crippen LogP contribution < -0.4 is 19.1 Å². The van der Waals surface area contributed by atoms with Gasteiger partial charge >= 0.3 is 0 Å². The van der Waals surface area contributed by atoms with Gasteiger partial charge in [-0.15, -0.1) is 0 Å². The quantitative estimate of drug-likeness (QED) is 0.270. The van der Waals surface area contributed by atoms with Gasteiger partial charge < -0.3 is 19.7 Å². The molecule has 3 rings (SSSR count). The maximum atomic E-state index is 14.2. The van der Waals surface area contributed by atoms with Crippen LogP contribution in [0.2, 0.25) is 0 Å². The molecule has 9 nitrogen and oxygen atoms in total. The van der Waals surface area contributed by atoms with Gasteiger partial charge in [0.25, 0.3) is 0 Å². The van der Waals surface area contributed by atoms with Crippen LogP contribution in [0.1, 0.15) is 25.0 Å². The first-order chi connectivity index (χ1) is 19.9. The van der Waals surface area contributed by atoms with Crippen LogP contribution in [0.15, 0.2) is 77.3 Å². The first kappa shape index (κ1) is 32.9. The third-order valence-corrected chi connectivity index (χ3v) is 8.15. The minimum Gasteiger partial charge on any atom is -0.497 e. The van der Waals surface area contributed by atoms with Gasteiger partial charge in [0.2, 0.25) is 21.8 Å². The Morgan fingerprint density at radius 3 is 2.21 bits per heavy atom. The van der Waals surface area contributed by atoms with Crippen molar-refractivity contribution in [2.75, 3.05) is 37.9 Å². The number of amides is 2. The van der Waals surface area contributed by atoms with Gasteiger partial charge in [-0.25, -0.2) is 8.42 Å². The molecule has 3 aromatic carbocycles. The fraction of sp³-hybridized carbons (Fsp3) is 0.355. The summed E-state index contributed by atoms with van der Waals surface area (Å²) < 4.78 is 38.8. The molecule has 0 aliphatic carbocycles. The van der Waals surface area contributed by atoms with Gasteiger partial charge in [-0.05, 0) is 41.3 Å². The summed E-state index contributed by atoms with van der Waals surface area (Å²) in [4.78, 5) is 29.4. The molecule has 2 amide bonds. The van der Waals surface area contributed by atoms with Crippen molar-refractivity contribution in [2.45, 2.75) is 32.9 Å². The minimum atomic E-state index is -3.97. The van der Waals surface area contributed by atoms with Crippen LogP contribution in [0.25, 0.3) is 0 Å². The number of nitrogens with one attached hydrogen (secondary N) is 1. The van der Waals surface area contributed by atoms with Crippen molar-refractivity contribution in [3.63, 3.8) is 0 Å². The van der Waals surface area contributed by atoms with Crippen molar-refractivity contribution in [1.82, 2.24) is 10.2 Å². The lowest BCUT2D eigenvalue weighted by Crippen LogP contribution is -2.53. The van der Waals surface area contributed by atoms with Crippen molar-refractivity contribution < 1.29 is 27.5 Å². The van der Waals surface area contributed by atoms with E-state index in [1.807, 2.05) is 68.4 Å². The SMILES string of the molecule is COc1ccc(OC)c(N(CC(=O)N(Cc2cccc(Br)c2)C(Cc2ccccc2)C(=O)NCC(C)C)S(C)(=O)=O)c1. The van der Waals surface area contributed by atoms with Crippen LogP contribution in [0, 0.1) is 5.92 Å². The van der Waals surface area contributed by atoms with Crippen LogP contribution in [-0.2, 0) is 32.6 Å². The van der Waals surface area contributed by atoms with Crippen molar-refractivity contribution in [1.29, 1.82) is 0 Å². The summed E-state index contributed by atoms with van der Waals surface area (Å²) in [7, 11) is -1.09. The second kappa shape index (κ2) is 15.1. The number of anilines is 1. The highest BCUT2D eigenvalue weighted by molar-refractivity contribution is 9.10. The fourth-order valence-electron chi connectivity index (χ4n) is 4.39. The number of benzene rings is 3. The third-order valence-electron chi connectivity index (χ3n) is 6.53. The zero-order chi connectivity index (χ0) is 30.9. The van der Waals surface area contributed by atoms with Gasteiger partial charge in [-0.1, -0.05) is 72.2 Å². The summed E-state index contributed by atoms with van der Waals surface area (Å²) in [6.07, 6.45) is 1.26. The molecule has 42 heavy (non-hydrogen) atoms. The van der Waals surface area contributed by atoms with Crippen molar-refractivity contribution in [3.05, 3.63) is 88.4 Å². The van der Waals surface area contributed by atoms with Gasteiger partial charge in [-0.3, -0.25) is 13.9 Å². The van der Waals surface area contributed by atoms with Crippen LogP contribution >= 0.6 is 15.9 Å². The summed E-state index contributed by atoms with van der Waals surface area (Å²) in [5.74, 6) is -0.0236. The molecule has 0 aliphatic heterocycles. The lowest BCUT2D eigenvalue weighted by molar-refractivity contribution is -0.140. The monoisotopic (exact) mass is 659 g/mol. The number of hydrogen-bond acceptors (Lipinski definition) is 6. The Morgan fingerprint density at radius 2 is 1.62 bits per heavy atom. The van der Waals surface area contributed by atoms with Gasteiger partial charge in [-0.2, -0.15) is 0 Å². The highest BCUT2D eigenvalue weighted by Crippen LogP contribution is 2.34. The number of rotatable bonds is 14. The molecule has 0 radical (unpaired) electrons. The summed E-state index contributed by atoms with van der Waals surface area (Å²) in [5.41, 5.74) is 1.79. The average molecular weight is 661 g/mol. The maximum Gasteiger partial charge on any atom is 0.244 e. The molecule has 0 heterocycles. The van der Waals surface area contributed by atoms with E-state index in [2.05, 4.69) is 21.2 Å². The lowest BCUT2D eigenvalue weighted by atomic mass is 10.0. The first-order valence-electron chi connectivity index (χ1n) is 13.5. The summed E-state index contributed by atoms with van der Waals surface area (Å²) >= 11 is 3.48. The molecular formula is C31H38BrN3O6S. The zero-order valence-electron chi connectivity index (χ0n) is 24.5. The summed E-state index contributed by atoms with van der Waals surface area (Å²) in [6, 6.07) is 20.7. The molecule has 1 atom stereocenters. The highest BCUT2D eigenvalue weighted by atomic mass is 79.9. The van der Waals surface area contributed by atoms with Crippen molar-refractivity contribution >= 4 is 43.5 Å². The molecule has 3 aromatic rings. The molecule has 0 saturated carbocycles. The smallest absolute Gasteiger partial charge is 0.244 e. The van der Waals surface area contributed by atoms with Crippen LogP contribution in [0.3, 0.4) is 0 Å². The largest absolute Gasteiger partial charge is 0.497 e. The molecule has 11 heteroatoms. The molecule has 226 valence electrons. The number of nitrogens with zero attached hydrogens (tertiary/aromatic N) is 2. The normalized spacial score (nSPS) is 12.0. The van der Waals surface area contributed by atoms with Gasteiger partial charge in [0.15, 0.2) is 0 Å². The number of sulfonamides is 1. The summed E-state index contributed by atoms with van der Waals surface area (Å²) in [5, 5.41) is 2.97. The number of carbonyl (C=O) groups excluding carboxylic acids is 2. The van der Waals surface area contributed by atoms with E-state index in [1.165, 1.54) is 25.2 Å². The van der Waals surface area contributed by atoms with E-state index in [1.54, 1.807) is 12.1 Å². The van der Waals surface area contributed by atoms with Crippen LogP contribution in [-0.4, -0.2) is 64.7 Å². The molecule has 0 aliphatic rings. The van der Waals surface area contributed by atoms with E-state index in [0.29, 0.717) is 12.3 Å². The lowest BCUT2D eigenvalue weighted by Gasteiger charge is -2.34. The second-order valence-corrected chi connectivity index (χ2v) is 13.1. The zero-order valence-corrected chi connectivity index (χ0v) is 26.9. The Bertz CT molecular complexity index is 1470. The summed E-state index contributed by atoms with van der Waals surface area (Å²) in [6.45, 7) is 3.93. The maximum absolute atomic E-state index is 14.2. The van der Waals surface area contributed by atoms with Gasteiger partial charge in [0, 0.05) is 30.0 Å². The van der Waals surface area contributed by atoms with Crippen LogP contribution in [0.4, 0.5) is 5.69 Å². The number of ether oxygens (including phenoxy) is 2. The van der Waals surface area contributed by atoms with Crippen molar-refractivity contribution in [3.8, 4) is 11.5 Å². The standard InChI is InChI=1S/C31H38BrN3O6S/c1-22(2)19-33-31(37)28(17-23-10-7-6-8-11-23)34(20-24-12-9-13-25(32)16-24)30(36)21-35(42(5,38)39)27-18-26(40-3)14-15-29(27)41-4/h6-16,18,22,28H,17,19-21H2,1-5H3,(H,33,37). The third kappa shape index (κ3) is 9.22. The molecule has 0 aromatic heterocycles. The molecule has 0 spiro atoms. The van der Waals surface area contributed by atoms with Crippen molar-refractivity contribution in [2.24, 2.45) is 5.92 Å². The number of carbonyl (C=O) groups is 2. The average Bonchev–Trinajstić information content (AvgIpc) is 2.96. The second-order valence-electron chi connectivity index (χ2n) is 10.3. The van der Waals surface area contributed by atoms with Gasteiger partial charge in [0.05, 0.1) is 26.2 Å². The van der Waals surface area contributed by atoms with E-state index in [4.69, 9.17) is 9.47 Å². The van der Waals surface area contributed by atoms with Crippen LogP contribution in [0.5, 0.6) is 11.5 Å². The van der Waals surface area contributed by atoms with E-state index in [0.717, 1.165) is 26.2 Å². The van der Waals surface area contributed by atoms with Gasteiger partial charge in [0.1, 0.15) is 24.1 Å². The number of halogens is 1. The Hall–Kier alpha value is -3.57. The van der Waals surface area contributed by atoms with E-state index in [9.17, 15) is 18.0 Å². The topological polar surface area (TPSA) is 105 Å². The minimum absolute atomic E-state index is 0.0811. The Kier molecular flexibility index (Phi) is 11.8. The predicted molar refractivity (Wildman–Crippen MR) is 168 cm³/mol. The van der Waals surface area contributed by atoms with E-state index < -0.39 is 28.5 Å². The van der Waals surface area contributed by atoms with E-state index in [-0.39, 0.29) is 36.2 Å². The highest BCUT2D eigenvalue weighted by Gasteiger charge is 2.34.